The SMILES string of the molecule is NPP.[Ni]. The average Bonchev–Trinajstić information content (AvgIpc) is 0.918. The molecule has 0 bridgehead atoms. The van der Waals surface area contributed by atoms with Crippen molar-refractivity contribution in [1.82, 2.24) is 0 Å². The van der Waals surface area contributed by atoms with Crippen LogP contribution < -0.4 is 5.50 Å². The number of nitrogens with two attached hydrogens (primary N) is 1. The smallest absolute Gasteiger partial charge is 0 e. The van der Waals surface area contributed by atoms with Crippen molar-refractivity contribution in [3.05, 3.63) is 0 Å². The van der Waals surface area contributed by atoms with Crippen molar-refractivity contribution in [2.45, 2.75) is 0 Å². The molecule has 0 heterocycles. The second-order valence-electron chi connectivity index (χ2n) is 0.167. The molecule has 0 radical (unpaired) electrons. The summed E-state index contributed by atoms with van der Waals surface area (Å²) >= 11 is 0. The Hall–Kier alpha value is 1.31. The maximum Gasteiger partial charge on any atom is 0 e. The van der Waals surface area contributed by atoms with Gasteiger partial charge in [-0.15, -0.1) is 0 Å². The zero-order valence-electron chi connectivity index (χ0n) is 1.97. The number of hydrogen-bond acceptors (Lipinski definition) is 1. The van der Waals surface area contributed by atoms with E-state index in [1.807, 2.05) is 0 Å². The Labute approximate surface area is 40.0 Å². The van der Waals surface area contributed by atoms with E-state index < -0.39 is 0 Å². The van der Waals surface area contributed by atoms with Crippen LogP contribution in [0, 0.1) is 0 Å². The molecule has 2 N–H and O–H groups in total. The van der Waals surface area contributed by atoms with Crippen LogP contribution in [0.3, 0.4) is 0 Å². The van der Waals surface area contributed by atoms with Crippen LogP contribution in [0.25, 0.3) is 0 Å². The van der Waals surface area contributed by atoms with Crippen LogP contribution in [-0.4, -0.2) is 0 Å². The van der Waals surface area contributed by atoms with Crippen LogP contribution in [-0.2, 0) is 16.5 Å². The quantitative estimate of drug-likeness (QED) is 0.380. The minimum Gasteiger partial charge on any atom is -0.309 e. The molecule has 0 aliphatic carbocycles. The molecule has 2 unspecified atom stereocenters. The third kappa shape index (κ3) is 10.3. The van der Waals surface area contributed by atoms with Gasteiger partial charge in [-0.05, 0) is 8.42 Å². The molecule has 0 fully saturated rings. The van der Waals surface area contributed by atoms with E-state index >= 15 is 0 Å². The second kappa shape index (κ2) is 8.85. The van der Waals surface area contributed by atoms with Crippen molar-refractivity contribution >= 4 is 17.3 Å². The first-order valence-electron chi connectivity index (χ1n) is 0.577. The molecule has 30 valence electrons. The Kier molecular flexibility index (Phi) is 19.9. The number of hydrogen-bond donors (Lipinski definition) is 1. The predicted octanol–water partition coefficient (Wildman–Crippen LogP) is 0.326. The normalized spacial score (nSPS) is 7.50. The summed E-state index contributed by atoms with van der Waals surface area (Å²) in [7, 11) is 2.88. The fourth-order valence-electron chi connectivity index (χ4n) is 0. The molecule has 0 aromatic rings. The van der Waals surface area contributed by atoms with E-state index in [1.165, 1.54) is 0 Å². The van der Waals surface area contributed by atoms with Crippen molar-refractivity contribution in [1.29, 1.82) is 0 Å². The standard InChI is InChI=1S/H5NP2.Ni/c1-3-2;/h3H,1-2H2;. The van der Waals surface area contributed by atoms with E-state index in [0.29, 0.717) is 8.42 Å². The molecule has 4 heteroatoms. The molecule has 0 saturated carbocycles. The summed E-state index contributed by atoms with van der Waals surface area (Å²) in [5, 5.41) is 0. The van der Waals surface area contributed by atoms with Crippen molar-refractivity contribution in [2.24, 2.45) is 5.50 Å². The summed E-state index contributed by atoms with van der Waals surface area (Å²) in [4.78, 5) is 0. The summed E-state index contributed by atoms with van der Waals surface area (Å²) in [6.45, 7) is 0. The van der Waals surface area contributed by atoms with Crippen molar-refractivity contribution in [2.75, 3.05) is 0 Å². The van der Waals surface area contributed by atoms with E-state index in [4.69, 9.17) is 5.50 Å². The Morgan fingerprint density at radius 1 is 1.75 bits per heavy atom. The monoisotopic (exact) mass is 139 g/mol. The molecular weight excluding hydrogens is 135 g/mol. The molecule has 0 amide bonds. The van der Waals surface area contributed by atoms with E-state index in [-0.39, 0.29) is 16.5 Å². The van der Waals surface area contributed by atoms with Crippen LogP contribution in [0.5, 0.6) is 0 Å². The van der Waals surface area contributed by atoms with Gasteiger partial charge in [-0.25, -0.2) is 0 Å². The Morgan fingerprint density at radius 3 is 1.75 bits per heavy atom. The van der Waals surface area contributed by atoms with Crippen LogP contribution in [0.1, 0.15) is 0 Å². The van der Waals surface area contributed by atoms with Gasteiger partial charge in [0.25, 0.3) is 0 Å². The third-order valence-electron chi connectivity index (χ3n) is 0. The minimum absolute atomic E-state index is 0. The molecule has 1 nitrogen and oxygen atoms in total. The maximum absolute atomic E-state index is 4.84. The van der Waals surface area contributed by atoms with Gasteiger partial charge in [0, 0.05) is 16.5 Å². The minimum atomic E-state index is 0. The van der Waals surface area contributed by atoms with Gasteiger partial charge in [-0.3, -0.25) is 0 Å². The first-order chi connectivity index (χ1) is 1.41. The Bertz CT molecular complexity index is 6.00. The fourth-order valence-corrected chi connectivity index (χ4v) is 0. The first-order valence-corrected chi connectivity index (χ1v) is 3.46. The van der Waals surface area contributed by atoms with E-state index in [2.05, 4.69) is 8.93 Å². The van der Waals surface area contributed by atoms with E-state index in [9.17, 15) is 0 Å². The Morgan fingerprint density at radius 2 is 1.75 bits per heavy atom. The maximum atomic E-state index is 4.84. The van der Waals surface area contributed by atoms with Crippen LogP contribution >= 0.6 is 17.3 Å². The average molecular weight is 140 g/mol. The van der Waals surface area contributed by atoms with Gasteiger partial charge in [-0.2, -0.15) is 0 Å². The Balaban J connectivity index is 0. The van der Waals surface area contributed by atoms with Gasteiger partial charge >= 0.3 is 0 Å². The fraction of sp³-hybridized carbons (Fsp3) is 0. The summed E-state index contributed by atoms with van der Waals surface area (Å²) < 4.78 is 0. The van der Waals surface area contributed by atoms with Gasteiger partial charge in [-0.1, -0.05) is 8.93 Å². The molecule has 0 saturated heterocycles. The van der Waals surface area contributed by atoms with Crippen LogP contribution in [0.15, 0.2) is 0 Å². The number of rotatable bonds is 0. The zero-order chi connectivity index (χ0) is 2.71. The largest absolute Gasteiger partial charge is 0.309 e. The molecule has 0 aliphatic rings. The van der Waals surface area contributed by atoms with E-state index in [0.717, 1.165) is 0 Å². The molecule has 0 aromatic carbocycles. The molecule has 0 rings (SSSR count). The summed E-state index contributed by atoms with van der Waals surface area (Å²) in [5.41, 5.74) is 4.84. The van der Waals surface area contributed by atoms with Gasteiger partial charge in [0.15, 0.2) is 0 Å². The molecule has 2 atom stereocenters. The van der Waals surface area contributed by atoms with E-state index in [1.54, 1.807) is 0 Å². The van der Waals surface area contributed by atoms with Crippen molar-refractivity contribution in [3.63, 3.8) is 0 Å². The van der Waals surface area contributed by atoms with Gasteiger partial charge < -0.3 is 5.50 Å². The first kappa shape index (κ1) is 9.00. The molecule has 0 spiro atoms. The molecule has 0 aliphatic heterocycles. The van der Waals surface area contributed by atoms with Gasteiger partial charge in [0.2, 0.25) is 0 Å². The van der Waals surface area contributed by atoms with Crippen LogP contribution in [0.2, 0.25) is 0 Å². The molecule has 4 heavy (non-hydrogen) atoms. The van der Waals surface area contributed by atoms with Gasteiger partial charge in [0.05, 0.1) is 0 Å². The predicted molar refractivity (Wildman–Crippen MR) is 22.2 cm³/mol. The van der Waals surface area contributed by atoms with Crippen molar-refractivity contribution < 1.29 is 16.5 Å². The summed E-state index contributed by atoms with van der Waals surface area (Å²) in [6.07, 6.45) is 0. The summed E-state index contributed by atoms with van der Waals surface area (Å²) in [6, 6.07) is 0. The molecular formula is H5NNiP2. The molecule has 0 aromatic heterocycles. The summed E-state index contributed by atoms with van der Waals surface area (Å²) in [5.74, 6) is 0. The van der Waals surface area contributed by atoms with Crippen molar-refractivity contribution in [3.8, 4) is 0 Å². The third-order valence-corrected chi connectivity index (χ3v) is 0. The zero-order valence-corrected chi connectivity index (χ0v) is 5.11. The topological polar surface area (TPSA) is 26.0 Å². The van der Waals surface area contributed by atoms with Gasteiger partial charge in [0.1, 0.15) is 0 Å². The second-order valence-corrected chi connectivity index (χ2v) is 1.50. The van der Waals surface area contributed by atoms with Crippen LogP contribution in [0.4, 0.5) is 0 Å².